The number of carbonyl (C=O) groups excluding carboxylic acids is 1. The molecule has 0 aromatic carbocycles. The number of anilines is 1. The second-order valence-corrected chi connectivity index (χ2v) is 8.95. The van der Waals surface area contributed by atoms with Crippen molar-refractivity contribution < 1.29 is 18.1 Å². The van der Waals surface area contributed by atoms with Gasteiger partial charge in [-0.3, -0.25) is 4.79 Å². The zero-order valence-corrected chi connectivity index (χ0v) is 19.2. The van der Waals surface area contributed by atoms with Gasteiger partial charge in [-0.05, 0) is 19.1 Å². The van der Waals surface area contributed by atoms with Crippen molar-refractivity contribution in [3.05, 3.63) is 36.4 Å². The number of nitrogens with one attached hydrogen (secondary N) is 1. The number of aromatic nitrogens is 5. The summed E-state index contributed by atoms with van der Waals surface area (Å²) in [7, 11) is 0. The van der Waals surface area contributed by atoms with E-state index < -0.39 is 17.8 Å². The maximum Gasteiger partial charge on any atom is 0.282 e. The average Bonchev–Trinajstić information content (AvgIpc) is 3.21. The molecule has 10 nitrogen and oxygen atoms in total. The van der Waals surface area contributed by atoms with Crippen LogP contribution in [0.3, 0.4) is 0 Å². The Morgan fingerprint density at radius 2 is 2.09 bits per heavy atom. The van der Waals surface area contributed by atoms with Gasteiger partial charge in [-0.1, -0.05) is 0 Å². The molecule has 1 aliphatic rings. The van der Waals surface area contributed by atoms with Gasteiger partial charge in [0.2, 0.25) is 5.91 Å². The van der Waals surface area contributed by atoms with Crippen LogP contribution in [-0.2, 0) is 16.2 Å². The van der Waals surface area contributed by atoms with Crippen molar-refractivity contribution in [2.75, 3.05) is 30.8 Å². The molecule has 0 aliphatic carbocycles. The van der Waals surface area contributed by atoms with Gasteiger partial charge in [-0.2, -0.15) is 5.10 Å². The van der Waals surface area contributed by atoms with Crippen molar-refractivity contribution in [3.8, 4) is 11.4 Å². The van der Waals surface area contributed by atoms with Crippen molar-refractivity contribution in [1.29, 1.82) is 0 Å². The molecule has 1 aliphatic heterocycles. The number of alkyl halides is 2. The van der Waals surface area contributed by atoms with Gasteiger partial charge < -0.3 is 14.4 Å². The number of hydrogen-bond acceptors (Lipinski definition) is 8. The molecule has 1 amide bonds. The third kappa shape index (κ3) is 4.75. The lowest BCUT2D eigenvalue weighted by atomic mass is 10.0. The van der Waals surface area contributed by atoms with Gasteiger partial charge in [0.1, 0.15) is 29.8 Å². The molecule has 4 heterocycles. The molecule has 1 saturated heterocycles. The Bertz CT molecular complexity index is 1140. The number of fused-ring (bicyclic) bond motifs is 1. The Morgan fingerprint density at radius 3 is 2.79 bits per heavy atom. The third-order valence-corrected chi connectivity index (χ3v) is 6.32. The molecule has 4 rings (SSSR count). The van der Waals surface area contributed by atoms with E-state index in [1.54, 1.807) is 17.2 Å². The fourth-order valence-electron chi connectivity index (χ4n) is 4.07. The van der Waals surface area contributed by atoms with Crippen LogP contribution in [0.2, 0.25) is 0 Å². The van der Waals surface area contributed by atoms with E-state index in [1.165, 1.54) is 36.1 Å². The number of amides is 1. The molecule has 3 aromatic heterocycles. The number of hydrogen-bond donors (Lipinski definition) is 1. The van der Waals surface area contributed by atoms with Crippen molar-refractivity contribution in [1.82, 2.24) is 34.2 Å². The number of piperazine rings is 1. The minimum absolute atomic E-state index is 0.0507. The summed E-state index contributed by atoms with van der Waals surface area (Å²) in [5.41, 5.74) is 1.02. The maximum absolute atomic E-state index is 13.1. The van der Waals surface area contributed by atoms with Crippen LogP contribution >= 0.6 is 0 Å². The largest absolute Gasteiger partial charge is 0.598 e. The second kappa shape index (κ2) is 9.53. The molecular weight excluding hydrogens is 454 g/mol. The van der Waals surface area contributed by atoms with Crippen LogP contribution in [0.5, 0.6) is 0 Å². The first-order valence-corrected chi connectivity index (χ1v) is 11.9. The molecule has 3 unspecified atom stereocenters. The topological polar surface area (TPSA) is 115 Å². The summed E-state index contributed by atoms with van der Waals surface area (Å²) >= 11 is -1.21. The van der Waals surface area contributed by atoms with E-state index >= 15 is 0 Å². The first-order chi connectivity index (χ1) is 15.8. The summed E-state index contributed by atoms with van der Waals surface area (Å²) in [6, 6.07) is 4.13. The molecule has 0 radical (unpaired) electrons. The summed E-state index contributed by atoms with van der Waals surface area (Å²) in [5.74, 6) is 0.573. The predicted octanol–water partition coefficient (Wildman–Crippen LogP) is 1.43. The number of halogens is 2. The van der Waals surface area contributed by atoms with Crippen molar-refractivity contribution in [2.24, 2.45) is 0 Å². The van der Waals surface area contributed by atoms with E-state index in [9.17, 15) is 18.1 Å². The van der Waals surface area contributed by atoms with Crippen LogP contribution in [0.25, 0.3) is 17.0 Å². The number of imidazole rings is 1. The SMILES string of the molecule is CC(=O)N1CCN(c2cc(-c3cnc4ccc(C(F)F)nn34)ncn2)C(C)C1CN[S+](C)[O-]. The van der Waals surface area contributed by atoms with Crippen LogP contribution < -0.4 is 9.62 Å². The summed E-state index contributed by atoms with van der Waals surface area (Å²) in [6.45, 7) is 4.89. The van der Waals surface area contributed by atoms with E-state index in [2.05, 4.69) is 29.7 Å². The van der Waals surface area contributed by atoms with Crippen LogP contribution in [0.4, 0.5) is 14.6 Å². The van der Waals surface area contributed by atoms with Crippen molar-refractivity contribution in [3.63, 3.8) is 0 Å². The summed E-state index contributed by atoms with van der Waals surface area (Å²) in [4.78, 5) is 28.9. The van der Waals surface area contributed by atoms with E-state index in [0.717, 1.165) is 0 Å². The molecule has 0 bridgehead atoms. The molecule has 1 fully saturated rings. The quantitative estimate of drug-likeness (QED) is 0.530. The minimum Gasteiger partial charge on any atom is -0.598 e. The molecular formula is C20H24F2N8O2S. The normalized spacial score (nSPS) is 20.0. The Labute approximate surface area is 192 Å². The highest BCUT2D eigenvalue weighted by Crippen LogP contribution is 2.27. The minimum atomic E-state index is -2.70. The monoisotopic (exact) mass is 478 g/mol. The van der Waals surface area contributed by atoms with Gasteiger partial charge in [-0.15, -0.1) is 4.72 Å². The zero-order valence-electron chi connectivity index (χ0n) is 18.4. The first-order valence-electron chi connectivity index (χ1n) is 10.3. The molecule has 1 N–H and O–H groups in total. The molecule has 0 saturated carbocycles. The van der Waals surface area contributed by atoms with Crippen molar-refractivity contribution >= 4 is 28.7 Å². The lowest BCUT2D eigenvalue weighted by Crippen LogP contribution is -2.63. The highest BCUT2D eigenvalue weighted by Gasteiger charge is 2.36. The van der Waals surface area contributed by atoms with E-state index in [4.69, 9.17) is 0 Å². The molecule has 13 heteroatoms. The standard InChI is InChI=1S/C20H24F2N8O2S/c1-12-16(10-26-33(3)32)29(13(2)31)7-6-28(12)19-8-15(24-11-25-19)17-9-23-18-5-4-14(20(21)22)27-30(17)18/h4-5,8-9,11-12,16,20,26H,6-7,10H2,1-3H3. The Hall–Kier alpha value is -2.90. The maximum atomic E-state index is 13.1. The highest BCUT2D eigenvalue weighted by atomic mass is 32.2. The van der Waals surface area contributed by atoms with Gasteiger partial charge in [-0.25, -0.2) is 28.2 Å². The first kappa shape index (κ1) is 23.3. The third-order valence-electron chi connectivity index (χ3n) is 5.75. The zero-order chi connectivity index (χ0) is 23.7. The number of rotatable bonds is 6. The lowest BCUT2D eigenvalue weighted by molar-refractivity contribution is -0.132. The number of carbonyl (C=O) groups is 1. The number of nitrogens with zero attached hydrogens (tertiary/aromatic N) is 7. The van der Waals surface area contributed by atoms with Crippen LogP contribution in [0, 0.1) is 0 Å². The predicted molar refractivity (Wildman–Crippen MR) is 119 cm³/mol. The molecule has 3 aromatic rings. The highest BCUT2D eigenvalue weighted by molar-refractivity contribution is 7.88. The van der Waals surface area contributed by atoms with Gasteiger partial charge in [0, 0.05) is 43.5 Å². The van der Waals surface area contributed by atoms with Gasteiger partial charge in [0.05, 0.1) is 24.5 Å². The molecule has 176 valence electrons. The fourth-order valence-corrected chi connectivity index (χ4v) is 4.48. The molecule has 3 atom stereocenters. The van der Waals surface area contributed by atoms with Gasteiger partial charge >= 0.3 is 0 Å². The lowest BCUT2D eigenvalue weighted by Gasteiger charge is -2.46. The van der Waals surface area contributed by atoms with Gasteiger partial charge in [0.15, 0.2) is 5.65 Å². The summed E-state index contributed by atoms with van der Waals surface area (Å²) < 4.78 is 42.1. The molecule has 33 heavy (non-hydrogen) atoms. The average molecular weight is 479 g/mol. The van der Waals surface area contributed by atoms with Crippen LogP contribution in [-0.4, -0.2) is 77.9 Å². The van der Waals surface area contributed by atoms with Crippen LogP contribution in [0.15, 0.2) is 30.7 Å². The summed E-state index contributed by atoms with van der Waals surface area (Å²) in [5, 5.41) is 4.00. The summed E-state index contributed by atoms with van der Waals surface area (Å²) in [6.07, 6.45) is 1.78. The van der Waals surface area contributed by atoms with Gasteiger partial charge in [0.25, 0.3) is 6.43 Å². The Kier molecular flexibility index (Phi) is 6.72. The molecule has 0 spiro atoms. The second-order valence-electron chi connectivity index (χ2n) is 7.75. The van der Waals surface area contributed by atoms with Crippen molar-refractivity contribution in [2.45, 2.75) is 32.4 Å². The van der Waals surface area contributed by atoms with E-state index in [0.29, 0.717) is 42.5 Å². The van der Waals surface area contributed by atoms with E-state index in [-0.39, 0.29) is 23.7 Å². The van der Waals surface area contributed by atoms with E-state index in [1.807, 2.05) is 6.92 Å². The Morgan fingerprint density at radius 1 is 1.30 bits per heavy atom. The smallest absolute Gasteiger partial charge is 0.282 e. The fraction of sp³-hybridized carbons (Fsp3) is 0.450. The Balaban J connectivity index is 1.66. The van der Waals surface area contributed by atoms with Crippen LogP contribution in [0.1, 0.15) is 26.0 Å².